The average Bonchev–Trinajstić information content (AvgIpc) is 3.90. The zero-order chi connectivity index (χ0) is 46.2. The van der Waals surface area contributed by atoms with Crippen LogP contribution in [-0.4, -0.2) is 119 Å². The van der Waals surface area contributed by atoms with Crippen LogP contribution in [0.2, 0.25) is 0 Å². The molecule has 0 aromatic carbocycles. The standard InChI is InChI=1S/C22H26F3N3O2S2.C21H25F3N4O2S2/c1-15-3-5-19(31-15)18-14-27(20-6-4-17(13-26-20)22(23,24)25)9-10-28(18)21(29)16-7-11-32(2,30)12-8-16;1-14-3-4-18(31-14)17-13-27(20-25-11-16(12-26-20)21(22,23)24)7-8-28(17)19(29)15-5-9-32(2,30)10-6-15/h3-6,13,16,18H,2,7-12,14H2,1H3;3-4,11-12,15,17H,2,5-10,13H2,1H3. The summed E-state index contributed by atoms with van der Waals surface area (Å²) in [6.07, 6.45) is -4.17. The van der Waals surface area contributed by atoms with Crippen molar-refractivity contribution in [2.24, 2.45) is 11.8 Å². The predicted octanol–water partition coefficient (Wildman–Crippen LogP) is 7.37. The number of hydrogen-bond donors (Lipinski definition) is 0. The molecule has 0 saturated carbocycles. The number of alkyl halides is 6. The molecule has 8 rings (SSSR count). The lowest BCUT2D eigenvalue weighted by Crippen LogP contribution is -2.53. The van der Waals surface area contributed by atoms with Gasteiger partial charge in [0.1, 0.15) is 5.82 Å². The van der Waals surface area contributed by atoms with E-state index in [4.69, 9.17) is 0 Å². The Labute approximate surface area is 377 Å². The summed E-state index contributed by atoms with van der Waals surface area (Å²) in [5.41, 5.74) is -1.67. The van der Waals surface area contributed by atoms with Crippen molar-refractivity contribution in [3.05, 3.63) is 85.6 Å². The van der Waals surface area contributed by atoms with Crippen molar-refractivity contribution in [1.29, 1.82) is 0 Å². The minimum Gasteiger partial charge on any atom is -0.352 e. The molecular formula is C43H51F6N7O4S4. The Balaban J connectivity index is 0.000000191. The molecule has 0 spiro atoms. The van der Waals surface area contributed by atoms with Crippen LogP contribution in [-0.2, 0) is 41.0 Å². The second-order valence-electron chi connectivity index (χ2n) is 16.9. The van der Waals surface area contributed by atoms with Gasteiger partial charge in [0.15, 0.2) is 0 Å². The average molecular weight is 972 g/mol. The van der Waals surface area contributed by atoms with Crippen LogP contribution in [0.1, 0.15) is 68.4 Å². The number of anilines is 2. The molecule has 11 nitrogen and oxygen atoms in total. The molecule has 64 heavy (non-hydrogen) atoms. The lowest BCUT2D eigenvalue weighted by atomic mass is 9.98. The minimum absolute atomic E-state index is 0.0453. The highest BCUT2D eigenvalue weighted by molar-refractivity contribution is 8.00. The van der Waals surface area contributed by atoms with Gasteiger partial charge < -0.3 is 19.6 Å². The first kappa shape index (κ1) is 47.7. The van der Waals surface area contributed by atoms with Crippen LogP contribution in [0.3, 0.4) is 0 Å². The first-order chi connectivity index (χ1) is 30.1. The van der Waals surface area contributed by atoms with Crippen molar-refractivity contribution in [1.82, 2.24) is 24.8 Å². The summed E-state index contributed by atoms with van der Waals surface area (Å²) in [5.74, 6) is 9.90. The molecule has 4 fully saturated rings. The number of carbonyl (C=O) groups is 2. The van der Waals surface area contributed by atoms with Crippen molar-refractivity contribution in [2.75, 3.05) is 72.1 Å². The van der Waals surface area contributed by atoms with Gasteiger partial charge in [0, 0.05) is 112 Å². The molecule has 8 heterocycles. The van der Waals surface area contributed by atoms with E-state index in [-0.39, 0.29) is 41.7 Å². The lowest BCUT2D eigenvalue weighted by molar-refractivity contribution is -0.139. The highest BCUT2D eigenvalue weighted by Gasteiger charge is 2.40. The number of halogens is 6. The summed E-state index contributed by atoms with van der Waals surface area (Å²) < 4.78 is 102. The SMILES string of the molecule is C=S1(=O)CCC(C(=O)N2CCN(c3ccc(C(F)(F)F)cn3)CC2c2ccc(C)s2)CC1.C=S1(=O)CCC(C(=O)N2CCN(c3ncc(C(F)(F)F)cn3)CC2c2ccc(C)s2)CC1. The lowest BCUT2D eigenvalue weighted by Gasteiger charge is -2.43. The zero-order valence-corrected chi connectivity index (χ0v) is 38.7. The van der Waals surface area contributed by atoms with Crippen LogP contribution in [0.15, 0.2) is 55.0 Å². The van der Waals surface area contributed by atoms with Gasteiger partial charge in [-0.1, -0.05) is 0 Å². The van der Waals surface area contributed by atoms with E-state index < -0.39 is 42.5 Å². The topological polar surface area (TPSA) is 120 Å². The number of rotatable bonds is 6. The van der Waals surface area contributed by atoms with Gasteiger partial charge in [-0.25, -0.2) is 15.0 Å². The van der Waals surface area contributed by atoms with Gasteiger partial charge in [0.05, 0.1) is 23.2 Å². The van der Waals surface area contributed by atoms with Crippen molar-refractivity contribution in [3.63, 3.8) is 0 Å². The highest BCUT2D eigenvalue weighted by Crippen LogP contribution is 2.38. The number of thiophene rings is 2. The first-order valence-corrected chi connectivity index (χ1v) is 26.6. The maximum absolute atomic E-state index is 13.4. The molecule has 21 heteroatoms. The third-order valence-corrected chi connectivity index (χ3v) is 18.3. The third-order valence-electron chi connectivity index (χ3n) is 12.2. The fraction of sp³-hybridized carbons (Fsp3) is 0.512. The van der Waals surface area contributed by atoms with Crippen molar-refractivity contribution in [3.8, 4) is 0 Å². The molecule has 0 bridgehead atoms. The van der Waals surface area contributed by atoms with E-state index in [0.717, 1.165) is 44.2 Å². The van der Waals surface area contributed by atoms with Crippen molar-refractivity contribution < 1.29 is 44.3 Å². The van der Waals surface area contributed by atoms with Gasteiger partial charge in [-0.3, -0.25) is 18.0 Å². The molecule has 4 aliphatic heterocycles. The number of aryl methyl sites for hydroxylation is 2. The molecule has 4 aliphatic rings. The Morgan fingerprint density at radius 1 is 0.609 bits per heavy atom. The number of aromatic nitrogens is 3. The van der Waals surface area contributed by atoms with Crippen molar-refractivity contribution in [2.45, 2.75) is 64.0 Å². The number of carbonyl (C=O) groups excluding carboxylic acids is 2. The number of piperazine rings is 2. The summed E-state index contributed by atoms with van der Waals surface area (Å²) >= 11 is 3.22. The van der Waals surface area contributed by atoms with E-state index in [2.05, 4.69) is 26.7 Å². The first-order valence-electron chi connectivity index (χ1n) is 20.9. The Hall–Kier alpha value is -4.21. The van der Waals surface area contributed by atoms with E-state index in [9.17, 15) is 44.3 Å². The Morgan fingerprint density at radius 2 is 1.03 bits per heavy atom. The maximum Gasteiger partial charge on any atom is 0.419 e. The predicted molar refractivity (Wildman–Crippen MR) is 243 cm³/mol. The molecule has 2 atom stereocenters. The molecule has 348 valence electrons. The number of nitrogens with zero attached hydrogens (tertiary/aromatic N) is 7. The molecular weight excluding hydrogens is 921 g/mol. The largest absolute Gasteiger partial charge is 0.419 e. The van der Waals surface area contributed by atoms with Gasteiger partial charge in [-0.2, -0.15) is 26.3 Å². The fourth-order valence-electron chi connectivity index (χ4n) is 8.49. The zero-order valence-electron chi connectivity index (χ0n) is 35.5. The minimum atomic E-state index is -4.49. The second kappa shape index (κ2) is 18.9. The number of amides is 2. The normalized spacial score (nSPS) is 26.9. The fourth-order valence-corrected chi connectivity index (χ4v) is 13.7. The van der Waals surface area contributed by atoms with Gasteiger partial charge in [-0.05, 0) is 107 Å². The van der Waals surface area contributed by atoms with E-state index in [0.29, 0.717) is 93.8 Å². The smallest absolute Gasteiger partial charge is 0.352 e. The Kier molecular flexibility index (Phi) is 14.1. The number of hydrogen-bond acceptors (Lipinski definition) is 11. The molecule has 0 radical (unpaired) electrons. The number of pyridine rings is 1. The molecule has 0 aliphatic carbocycles. The molecule has 2 amide bonds. The molecule has 4 aromatic rings. The molecule has 2 unspecified atom stereocenters. The van der Waals surface area contributed by atoms with E-state index in [1.807, 2.05) is 57.7 Å². The van der Waals surface area contributed by atoms with Crippen molar-refractivity contribution >= 4 is 77.0 Å². The second-order valence-corrected chi connectivity index (χ2v) is 25.0. The highest BCUT2D eigenvalue weighted by atomic mass is 32.2. The molecule has 4 saturated heterocycles. The Bertz CT molecular complexity index is 2310. The molecule has 0 N–H and O–H groups in total. The maximum atomic E-state index is 13.4. The summed E-state index contributed by atoms with van der Waals surface area (Å²) in [7, 11) is -4.14. The van der Waals surface area contributed by atoms with Crippen LogP contribution < -0.4 is 9.80 Å². The molecule has 4 aromatic heterocycles. The van der Waals surface area contributed by atoms with Crippen LogP contribution in [0.4, 0.5) is 38.1 Å². The summed E-state index contributed by atoms with van der Waals surface area (Å²) in [5, 5.41) is 0. The Morgan fingerprint density at radius 3 is 1.42 bits per heavy atom. The van der Waals surface area contributed by atoms with Gasteiger partial charge in [0.2, 0.25) is 17.8 Å². The summed E-state index contributed by atoms with van der Waals surface area (Å²) in [4.78, 5) is 50.6. The van der Waals surface area contributed by atoms with Crippen LogP contribution in [0.25, 0.3) is 0 Å². The van der Waals surface area contributed by atoms with E-state index in [1.54, 1.807) is 22.7 Å². The monoisotopic (exact) mass is 971 g/mol. The van der Waals surface area contributed by atoms with E-state index in [1.165, 1.54) is 6.07 Å². The van der Waals surface area contributed by atoms with Gasteiger partial charge in [-0.15, -0.1) is 22.7 Å². The third kappa shape index (κ3) is 11.4. The van der Waals surface area contributed by atoms with Gasteiger partial charge in [0.25, 0.3) is 0 Å². The van der Waals surface area contributed by atoms with Gasteiger partial charge >= 0.3 is 12.4 Å². The van der Waals surface area contributed by atoms with Crippen LogP contribution in [0.5, 0.6) is 0 Å². The van der Waals surface area contributed by atoms with Crippen LogP contribution in [0, 0.1) is 25.7 Å². The van der Waals surface area contributed by atoms with E-state index >= 15 is 0 Å². The quantitative estimate of drug-likeness (QED) is 0.144. The van der Waals surface area contributed by atoms with Crippen LogP contribution >= 0.6 is 22.7 Å². The summed E-state index contributed by atoms with van der Waals surface area (Å²) in [6.45, 7) is 6.65. The summed E-state index contributed by atoms with van der Waals surface area (Å²) in [6, 6.07) is 10.00.